The van der Waals surface area contributed by atoms with Crippen LogP contribution in [0.1, 0.15) is 59.4 Å². The Balaban J connectivity index is 0.00000148. The molecule has 0 amide bonds. The van der Waals surface area contributed by atoms with Gasteiger partial charge in [0.15, 0.2) is 0 Å². The third kappa shape index (κ3) is 8.93. The Bertz CT molecular complexity index is 1630. The number of aliphatic imine (C=N–C) groups is 2. The molecule has 6 heteroatoms. The van der Waals surface area contributed by atoms with Gasteiger partial charge in [0.1, 0.15) is 0 Å². The molecular weight excluding hydrogens is 637 g/mol. The predicted molar refractivity (Wildman–Crippen MR) is 191 cm³/mol. The van der Waals surface area contributed by atoms with E-state index in [0.29, 0.717) is 17.8 Å². The van der Waals surface area contributed by atoms with Crippen molar-refractivity contribution in [3.63, 3.8) is 0 Å². The second-order valence-corrected chi connectivity index (χ2v) is 13.6. The van der Waals surface area contributed by atoms with Crippen molar-refractivity contribution in [1.82, 2.24) is 4.98 Å². The van der Waals surface area contributed by atoms with Gasteiger partial charge in [0.25, 0.3) is 0 Å². The molecule has 3 nitrogen and oxygen atoms in total. The summed E-state index contributed by atoms with van der Waals surface area (Å²) in [5, 5.41) is 0. The van der Waals surface area contributed by atoms with Gasteiger partial charge in [-0.05, 0) is 60.9 Å². The Morgan fingerprint density at radius 1 is 0.711 bits per heavy atom. The number of hydrogen-bond donors (Lipinski definition) is 0. The van der Waals surface area contributed by atoms with E-state index in [1.807, 2.05) is 18.2 Å². The first kappa shape index (κ1) is 34.6. The molecule has 0 aliphatic heterocycles. The van der Waals surface area contributed by atoms with E-state index in [9.17, 15) is 0 Å². The Morgan fingerprint density at radius 3 is 1.69 bits per heavy atom. The van der Waals surface area contributed by atoms with E-state index in [4.69, 9.17) is 35.2 Å². The summed E-state index contributed by atoms with van der Waals surface area (Å²) in [5.74, 6) is 1.36. The molecule has 0 bridgehead atoms. The van der Waals surface area contributed by atoms with Gasteiger partial charge in [-0.1, -0.05) is 125 Å². The van der Waals surface area contributed by atoms with E-state index in [-0.39, 0.29) is 13.1 Å². The molecule has 1 aliphatic carbocycles. The van der Waals surface area contributed by atoms with Crippen molar-refractivity contribution in [2.45, 2.75) is 48.0 Å². The standard InChI is InChI=1S/C39H41N3.2ClH.Fe/c1-26(2)32-20-13-21-33(27(3)4)38(32)40-28(5)36-24-15-25-37(42-36)29(6)41-39-34(30-16-9-7-10-17-30)22-14-23-35(39)31-18-11-8-12-19-31;;;/h7-20,22-27,33H,21H2,1-6H3;2*1H;/q;;;+2/p-2. The van der Waals surface area contributed by atoms with Crippen LogP contribution in [0.4, 0.5) is 5.69 Å². The second-order valence-electron chi connectivity index (χ2n) is 11.8. The molecule has 5 rings (SSSR count). The first-order valence-corrected chi connectivity index (χ1v) is 18.4. The second kappa shape index (κ2) is 16.9. The molecule has 1 heterocycles. The van der Waals surface area contributed by atoms with Crippen LogP contribution in [0.2, 0.25) is 0 Å². The molecule has 0 saturated carbocycles. The number of nitrogens with zero attached hydrogens (tertiary/aromatic N) is 3. The van der Waals surface area contributed by atoms with Crippen LogP contribution in [0.25, 0.3) is 22.3 Å². The molecule has 0 saturated heterocycles. The summed E-state index contributed by atoms with van der Waals surface area (Å²) in [7, 11) is 9.53. The van der Waals surface area contributed by atoms with Crippen LogP contribution in [0, 0.1) is 17.8 Å². The van der Waals surface area contributed by atoms with Crippen molar-refractivity contribution in [3.8, 4) is 22.3 Å². The van der Waals surface area contributed by atoms with Gasteiger partial charge in [-0.25, -0.2) is 4.98 Å². The molecule has 45 heavy (non-hydrogen) atoms. The van der Waals surface area contributed by atoms with E-state index < -0.39 is 0 Å². The zero-order chi connectivity index (χ0) is 32.3. The van der Waals surface area contributed by atoms with Crippen molar-refractivity contribution in [2.24, 2.45) is 27.7 Å². The van der Waals surface area contributed by atoms with E-state index in [1.165, 1.54) is 11.3 Å². The van der Waals surface area contributed by atoms with E-state index >= 15 is 0 Å². The van der Waals surface area contributed by atoms with Crippen LogP contribution in [0.15, 0.2) is 130 Å². The fraction of sp³-hybridized carbons (Fsp3) is 0.256. The van der Waals surface area contributed by atoms with Crippen molar-refractivity contribution in [3.05, 3.63) is 132 Å². The molecule has 1 aromatic heterocycles. The van der Waals surface area contributed by atoms with Crippen molar-refractivity contribution < 1.29 is 13.1 Å². The summed E-state index contributed by atoms with van der Waals surface area (Å²) in [6.07, 6.45) is 5.61. The normalized spacial score (nSPS) is 15.5. The molecule has 1 unspecified atom stereocenters. The topological polar surface area (TPSA) is 37.6 Å². The van der Waals surface area contributed by atoms with E-state index in [2.05, 4.69) is 133 Å². The van der Waals surface area contributed by atoms with Crippen LogP contribution in [-0.4, -0.2) is 16.4 Å². The minimum absolute atomic E-state index is 0.194. The van der Waals surface area contributed by atoms with Gasteiger partial charge in [-0.15, -0.1) is 0 Å². The molecule has 4 aromatic rings. The number of pyridine rings is 1. The SMILES string of the molecule is CC(=NC1=C(C(C)C)C=CCC1C(C)C)c1cccc(C(C)=Nc2c(-c3ccccc3)cccc2-c2ccccc2)n1.[Cl][Fe][Cl]. The summed E-state index contributed by atoms with van der Waals surface area (Å²) in [6, 6.07) is 33.5. The maximum atomic E-state index is 5.26. The van der Waals surface area contributed by atoms with Crippen LogP contribution >= 0.6 is 20.2 Å². The third-order valence-corrected chi connectivity index (χ3v) is 8.02. The molecule has 0 radical (unpaired) electrons. The van der Waals surface area contributed by atoms with Crippen molar-refractivity contribution >= 4 is 37.3 Å². The Hall–Kier alpha value is -3.27. The molecule has 0 spiro atoms. The summed E-state index contributed by atoms with van der Waals surface area (Å²) >= 11 is 0.194. The van der Waals surface area contributed by atoms with Crippen LogP contribution in [-0.2, 0) is 13.1 Å². The van der Waals surface area contributed by atoms with Crippen molar-refractivity contribution in [2.75, 3.05) is 0 Å². The van der Waals surface area contributed by atoms with Gasteiger partial charge in [-0.3, -0.25) is 9.98 Å². The van der Waals surface area contributed by atoms with Gasteiger partial charge < -0.3 is 0 Å². The average Bonchev–Trinajstić information content (AvgIpc) is 3.06. The maximum absolute atomic E-state index is 5.26. The Kier molecular flexibility index (Phi) is 13.0. The van der Waals surface area contributed by atoms with E-state index in [0.717, 1.165) is 57.2 Å². The zero-order valence-electron chi connectivity index (χ0n) is 26.8. The third-order valence-electron chi connectivity index (χ3n) is 8.02. The van der Waals surface area contributed by atoms with Gasteiger partial charge in [-0.2, -0.15) is 0 Å². The van der Waals surface area contributed by atoms with Gasteiger partial charge in [0.2, 0.25) is 0 Å². The van der Waals surface area contributed by atoms with Gasteiger partial charge in [0.05, 0.1) is 28.5 Å². The summed E-state index contributed by atoms with van der Waals surface area (Å²) in [4.78, 5) is 15.6. The molecule has 234 valence electrons. The monoisotopic (exact) mass is 677 g/mol. The zero-order valence-corrected chi connectivity index (χ0v) is 29.4. The minimum atomic E-state index is 0.194. The van der Waals surface area contributed by atoms with Gasteiger partial charge >= 0.3 is 33.3 Å². The first-order valence-electron chi connectivity index (χ1n) is 15.3. The predicted octanol–water partition coefficient (Wildman–Crippen LogP) is 11.9. The van der Waals surface area contributed by atoms with E-state index in [1.54, 1.807) is 0 Å². The number of para-hydroxylation sites is 1. The number of benzene rings is 3. The molecule has 1 atom stereocenters. The number of aromatic nitrogens is 1. The van der Waals surface area contributed by atoms with Crippen LogP contribution in [0.5, 0.6) is 0 Å². The van der Waals surface area contributed by atoms with Crippen LogP contribution < -0.4 is 0 Å². The fourth-order valence-electron chi connectivity index (χ4n) is 5.64. The number of hydrogen-bond acceptors (Lipinski definition) is 3. The summed E-state index contributed by atoms with van der Waals surface area (Å²) in [6.45, 7) is 13.2. The molecule has 3 aromatic carbocycles. The van der Waals surface area contributed by atoms with Gasteiger partial charge in [0, 0.05) is 22.7 Å². The average molecular weight is 679 g/mol. The summed E-state index contributed by atoms with van der Waals surface area (Å²) in [5.41, 5.74) is 11.5. The van der Waals surface area contributed by atoms with Crippen molar-refractivity contribution in [1.29, 1.82) is 0 Å². The Labute approximate surface area is 283 Å². The Morgan fingerprint density at radius 2 is 1.20 bits per heavy atom. The number of rotatable bonds is 8. The van der Waals surface area contributed by atoms with Crippen LogP contribution in [0.3, 0.4) is 0 Å². The molecular formula is C39H41Cl2FeN3. The number of allylic oxidation sites excluding steroid dienone is 4. The summed E-state index contributed by atoms with van der Waals surface area (Å²) < 4.78 is 0. The molecule has 0 fully saturated rings. The first-order chi connectivity index (χ1) is 21.7. The number of halogens is 2. The molecule has 1 aliphatic rings. The fourth-order valence-corrected chi connectivity index (χ4v) is 5.64. The molecule has 0 N–H and O–H groups in total. The quantitative estimate of drug-likeness (QED) is 0.135.